The van der Waals surface area contributed by atoms with Crippen molar-refractivity contribution >= 4 is 5.69 Å². The van der Waals surface area contributed by atoms with Crippen LogP contribution in [0.25, 0.3) is 0 Å². The van der Waals surface area contributed by atoms with Crippen LogP contribution in [0.4, 0.5) is 5.69 Å². The molecule has 0 unspecified atom stereocenters. The van der Waals surface area contributed by atoms with E-state index in [4.69, 9.17) is 15.2 Å². The lowest BCUT2D eigenvalue weighted by Crippen LogP contribution is -2.16. The number of para-hydroxylation sites is 2. The van der Waals surface area contributed by atoms with E-state index in [1.54, 1.807) is 0 Å². The Bertz CT molecular complexity index is 348. The molecular formula is C15H23NO2. The lowest BCUT2D eigenvalue weighted by Gasteiger charge is -2.21. The maximum atomic E-state index is 5.79. The fourth-order valence-electron chi connectivity index (χ4n) is 2.43. The first-order valence-electron chi connectivity index (χ1n) is 6.91. The summed E-state index contributed by atoms with van der Waals surface area (Å²) in [6.45, 7) is 2.10. The van der Waals surface area contributed by atoms with Gasteiger partial charge in [0.2, 0.25) is 0 Å². The summed E-state index contributed by atoms with van der Waals surface area (Å²) in [5.74, 6) is 1.51. The molecule has 1 saturated carbocycles. The minimum Gasteiger partial charge on any atom is -0.489 e. The summed E-state index contributed by atoms with van der Waals surface area (Å²) in [5.41, 5.74) is 6.47. The Kier molecular flexibility index (Phi) is 5.34. The molecule has 2 N–H and O–H groups in total. The molecule has 1 aliphatic rings. The molecule has 0 radical (unpaired) electrons. The molecule has 1 aromatic rings. The molecule has 1 aliphatic carbocycles. The Labute approximate surface area is 109 Å². The smallest absolute Gasteiger partial charge is 0.142 e. The highest BCUT2D eigenvalue weighted by Crippen LogP contribution is 2.23. The Morgan fingerprint density at radius 3 is 2.61 bits per heavy atom. The van der Waals surface area contributed by atoms with Gasteiger partial charge in [-0.1, -0.05) is 31.4 Å². The van der Waals surface area contributed by atoms with Crippen LogP contribution in [-0.4, -0.2) is 19.8 Å². The minimum atomic E-state index is 0.570. The molecule has 1 aromatic carbocycles. The van der Waals surface area contributed by atoms with Gasteiger partial charge in [0.25, 0.3) is 0 Å². The second kappa shape index (κ2) is 7.27. The van der Waals surface area contributed by atoms with Crippen molar-refractivity contribution in [2.75, 3.05) is 25.6 Å². The second-order valence-electron chi connectivity index (χ2n) is 4.97. The predicted molar refractivity (Wildman–Crippen MR) is 73.7 cm³/mol. The van der Waals surface area contributed by atoms with Crippen LogP contribution in [0.3, 0.4) is 0 Å². The zero-order valence-corrected chi connectivity index (χ0v) is 10.9. The standard InChI is InChI=1S/C15H23NO2/c16-14-8-4-5-9-15(14)18-11-10-17-12-13-6-2-1-3-7-13/h4-5,8-9,13H,1-3,6-7,10-12,16H2. The topological polar surface area (TPSA) is 44.5 Å². The van der Waals surface area contributed by atoms with Gasteiger partial charge in [0, 0.05) is 6.61 Å². The highest BCUT2D eigenvalue weighted by molar-refractivity contribution is 5.51. The van der Waals surface area contributed by atoms with E-state index in [1.807, 2.05) is 24.3 Å². The molecule has 0 aromatic heterocycles. The third-order valence-electron chi connectivity index (χ3n) is 3.48. The SMILES string of the molecule is Nc1ccccc1OCCOCC1CCCCC1. The third-order valence-corrected chi connectivity index (χ3v) is 3.48. The molecule has 0 amide bonds. The number of hydrogen-bond donors (Lipinski definition) is 1. The maximum Gasteiger partial charge on any atom is 0.142 e. The summed E-state index contributed by atoms with van der Waals surface area (Å²) in [4.78, 5) is 0. The summed E-state index contributed by atoms with van der Waals surface area (Å²) in [6, 6.07) is 7.56. The van der Waals surface area contributed by atoms with Crippen molar-refractivity contribution in [1.82, 2.24) is 0 Å². The number of nitrogens with two attached hydrogens (primary N) is 1. The first kappa shape index (κ1) is 13.2. The number of nitrogen functional groups attached to an aromatic ring is 1. The average molecular weight is 249 g/mol. The molecule has 0 saturated heterocycles. The van der Waals surface area contributed by atoms with E-state index in [-0.39, 0.29) is 0 Å². The van der Waals surface area contributed by atoms with Gasteiger partial charge in [0.15, 0.2) is 0 Å². The minimum absolute atomic E-state index is 0.570. The predicted octanol–water partition coefficient (Wildman–Crippen LogP) is 3.24. The summed E-state index contributed by atoms with van der Waals surface area (Å²) < 4.78 is 11.2. The molecule has 1 fully saturated rings. The maximum absolute atomic E-state index is 5.79. The lowest BCUT2D eigenvalue weighted by molar-refractivity contribution is 0.0637. The van der Waals surface area contributed by atoms with E-state index in [1.165, 1.54) is 32.1 Å². The zero-order chi connectivity index (χ0) is 12.6. The molecule has 0 spiro atoms. The van der Waals surface area contributed by atoms with Crippen LogP contribution in [0.15, 0.2) is 24.3 Å². The summed E-state index contributed by atoms with van der Waals surface area (Å²) in [7, 11) is 0. The van der Waals surface area contributed by atoms with Crippen LogP contribution in [-0.2, 0) is 4.74 Å². The molecular weight excluding hydrogens is 226 g/mol. The summed E-state index contributed by atoms with van der Waals surface area (Å²) in [6.07, 6.45) is 6.78. The number of ether oxygens (including phenoxy) is 2. The number of anilines is 1. The molecule has 3 heteroatoms. The van der Waals surface area contributed by atoms with E-state index in [9.17, 15) is 0 Å². The Balaban J connectivity index is 1.57. The highest BCUT2D eigenvalue weighted by atomic mass is 16.5. The van der Waals surface area contributed by atoms with E-state index in [0.717, 1.165) is 18.3 Å². The van der Waals surface area contributed by atoms with Gasteiger partial charge in [-0.05, 0) is 30.9 Å². The van der Waals surface area contributed by atoms with Crippen LogP contribution < -0.4 is 10.5 Å². The third kappa shape index (κ3) is 4.22. The van der Waals surface area contributed by atoms with E-state index in [2.05, 4.69) is 0 Å². The molecule has 2 rings (SSSR count). The van der Waals surface area contributed by atoms with Gasteiger partial charge in [0.1, 0.15) is 12.4 Å². The van der Waals surface area contributed by atoms with Crippen molar-refractivity contribution in [3.63, 3.8) is 0 Å². The second-order valence-corrected chi connectivity index (χ2v) is 4.97. The molecule has 18 heavy (non-hydrogen) atoms. The van der Waals surface area contributed by atoms with Crippen molar-refractivity contribution in [3.8, 4) is 5.75 Å². The van der Waals surface area contributed by atoms with Crippen molar-refractivity contribution < 1.29 is 9.47 Å². The van der Waals surface area contributed by atoms with Gasteiger partial charge >= 0.3 is 0 Å². The van der Waals surface area contributed by atoms with Gasteiger partial charge in [0.05, 0.1) is 12.3 Å². The van der Waals surface area contributed by atoms with Crippen LogP contribution in [0.1, 0.15) is 32.1 Å². The van der Waals surface area contributed by atoms with Crippen LogP contribution in [0.5, 0.6) is 5.75 Å². The summed E-state index contributed by atoms with van der Waals surface area (Å²) in [5, 5.41) is 0. The average Bonchev–Trinajstić information content (AvgIpc) is 2.42. The number of benzene rings is 1. The van der Waals surface area contributed by atoms with E-state index < -0.39 is 0 Å². The first-order chi connectivity index (χ1) is 8.86. The normalized spacial score (nSPS) is 16.7. The molecule has 100 valence electrons. The Hall–Kier alpha value is -1.22. The molecule has 0 bridgehead atoms. The lowest BCUT2D eigenvalue weighted by atomic mass is 9.90. The fraction of sp³-hybridized carbons (Fsp3) is 0.600. The Morgan fingerprint density at radius 1 is 1.06 bits per heavy atom. The van der Waals surface area contributed by atoms with Crippen molar-refractivity contribution in [3.05, 3.63) is 24.3 Å². The Morgan fingerprint density at radius 2 is 1.83 bits per heavy atom. The van der Waals surface area contributed by atoms with Crippen LogP contribution in [0.2, 0.25) is 0 Å². The van der Waals surface area contributed by atoms with Crippen LogP contribution in [0, 0.1) is 5.92 Å². The monoisotopic (exact) mass is 249 g/mol. The first-order valence-corrected chi connectivity index (χ1v) is 6.91. The largest absolute Gasteiger partial charge is 0.489 e. The molecule has 0 aliphatic heterocycles. The van der Waals surface area contributed by atoms with Crippen LogP contribution >= 0.6 is 0 Å². The molecule has 3 nitrogen and oxygen atoms in total. The molecule has 0 heterocycles. The van der Waals surface area contributed by atoms with E-state index in [0.29, 0.717) is 18.9 Å². The fourth-order valence-corrected chi connectivity index (χ4v) is 2.43. The van der Waals surface area contributed by atoms with Gasteiger partial charge in [-0.3, -0.25) is 0 Å². The van der Waals surface area contributed by atoms with Gasteiger partial charge in [-0.2, -0.15) is 0 Å². The highest BCUT2D eigenvalue weighted by Gasteiger charge is 2.12. The van der Waals surface area contributed by atoms with Gasteiger partial charge < -0.3 is 15.2 Å². The van der Waals surface area contributed by atoms with Crippen molar-refractivity contribution in [1.29, 1.82) is 0 Å². The number of rotatable bonds is 6. The van der Waals surface area contributed by atoms with Crippen molar-refractivity contribution in [2.45, 2.75) is 32.1 Å². The van der Waals surface area contributed by atoms with Crippen molar-refractivity contribution in [2.24, 2.45) is 5.92 Å². The van der Waals surface area contributed by atoms with Gasteiger partial charge in [-0.25, -0.2) is 0 Å². The van der Waals surface area contributed by atoms with Gasteiger partial charge in [-0.15, -0.1) is 0 Å². The summed E-state index contributed by atoms with van der Waals surface area (Å²) >= 11 is 0. The zero-order valence-electron chi connectivity index (χ0n) is 10.9. The van der Waals surface area contributed by atoms with E-state index >= 15 is 0 Å². The molecule has 0 atom stereocenters. The number of hydrogen-bond acceptors (Lipinski definition) is 3. The quantitative estimate of drug-likeness (QED) is 0.621.